The fraction of sp³-hybridized carbons (Fsp3) is 0.615. The third-order valence-corrected chi connectivity index (χ3v) is 3.55. The highest BCUT2D eigenvalue weighted by molar-refractivity contribution is 5.08. The van der Waals surface area contributed by atoms with E-state index in [1.807, 2.05) is 12.3 Å². The molecular formula is C13H21N3. The summed E-state index contributed by atoms with van der Waals surface area (Å²) in [5, 5.41) is 0. The Bertz CT molecular complexity index is 312. The number of hydrogen-bond acceptors (Lipinski definition) is 3. The highest BCUT2D eigenvalue weighted by Gasteiger charge is 2.23. The second kappa shape index (κ2) is 5.41. The largest absolute Gasteiger partial charge is 0.330 e. The van der Waals surface area contributed by atoms with Crippen LogP contribution < -0.4 is 5.73 Å². The summed E-state index contributed by atoms with van der Waals surface area (Å²) in [5.41, 5.74) is 6.93. The summed E-state index contributed by atoms with van der Waals surface area (Å²) in [6, 6.07) is 6.55. The standard InChI is InChI=1S/C13H21N3/c1-11(13-6-2-3-7-15-13)16-8-4-5-12(9-14)10-16/h2-3,6-7,11-12H,4-5,8-10,14H2,1H3/t11-,12-/m0/s1. The SMILES string of the molecule is C[C@@H](c1ccccn1)N1CCC[C@@H](CN)C1. The van der Waals surface area contributed by atoms with Crippen LogP contribution in [-0.4, -0.2) is 29.5 Å². The predicted octanol–water partition coefficient (Wildman–Crippen LogP) is 1.81. The molecule has 0 unspecified atom stereocenters. The van der Waals surface area contributed by atoms with E-state index in [-0.39, 0.29) is 0 Å². The normalized spacial score (nSPS) is 24.2. The van der Waals surface area contributed by atoms with Gasteiger partial charge in [0.25, 0.3) is 0 Å². The summed E-state index contributed by atoms with van der Waals surface area (Å²) in [6.07, 6.45) is 4.41. The Morgan fingerprint density at radius 3 is 3.12 bits per heavy atom. The Hall–Kier alpha value is -0.930. The molecule has 2 atom stereocenters. The molecule has 0 saturated carbocycles. The molecule has 2 N–H and O–H groups in total. The fourth-order valence-corrected chi connectivity index (χ4v) is 2.45. The first kappa shape index (κ1) is 11.6. The van der Waals surface area contributed by atoms with Crippen LogP contribution in [0.1, 0.15) is 31.5 Å². The van der Waals surface area contributed by atoms with E-state index in [2.05, 4.69) is 28.9 Å². The van der Waals surface area contributed by atoms with E-state index >= 15 is 0 Å². The van der Waals surface area contributed by atoms with Crippen LogP contribution in [0.3, 0.4) is 0 Å². The second-order valence-electron chi connectivity index (χ2n) is 4.67. The van der Waals surface area contributed by atoms with Crippen molar-refractivity contribution in [2.75, 3.05) is 19.6 Å². The maximum Gasteiger partial charge on any atom is 0.0572 e. The molecule has 1 aromatic rings. The lowest BCUT2D eigenvalue weighted by Gasteiger charge is -2.36. The molecule has 3 nitrogen and oxygen atoms in total. The molecule has 0 amide bonds. The average molecular weight is 219 g/mol. The van der Waals surface area contributed by atoms with Crippen molar-refractivity contribution in [1.29, 1.82) is 0 Å². The molecule has 0 aliphatic carbocycles. The van der Waals surface area contributed by atoms with Crippen LogP contribution in [0, 0.1) is 5.92 Å². The van der Waals surface area contributed by atoms with Crippen molar-refractivity contribution in [3.63, 3.8) is 0 Å². The van der Waals surface area contributed by atoms with Crippen molar-refractivity contribution in [2.45, 2.75) is 25.8 Å². The van der Waals surface area contributed by atoms with Crippen LogP contribution in [0.5, 0.6) is 0 Å². The minimum absolute atomic E-state index is 0.413. The van der Waals surface area contributed by atoms with E-state index in [1.54, 1.807) is 0 Å². The number of aromatic nitrogens is 1. The Morgan fingerprint density at radius 1 is 1.56 bits per heavy atom. The third-order valence-electron chi connectivity index (χ3n) is 3.55. The lowest BCUT2D eigenvalue weighted by molar-refractivity contribution is 0.132. The molecule has 2 rings (SSSR count). The number of hydrogen-bond donors (Lipinski definition) is 1. The Balaban J connectivity index is 2.01. The molecule has 0 bridgehead atoms. The van der Waals surface area contributed by atoms with Gasteiger partial charge in [-0.15, -0.1) is 0 Å². The molecular weight excluding hydrogens is 198 g/mol. The van der Waals surface area contributed by atoms with E-state index < -0.39 is 0 Å². The van der Waals surface area contributed by atoms with Gasteiger partial charge in [-0.2, -0.15) is 0 Å². The highest BCUT2D eigenvalue weighted by Crippen LogP contribution is 2.24. The smallest absolute Gasteiger partial charge is 0.0572 e. The quantitative estimate of drug-likeness (QED) is 0.843. The molecule has 1 aliphatic rings. The third kappa shape index (κ3) is 2.60. The van der Waals surface area contributed by atoms with Crippen molar-refractivity contribution in [2.24, 2.45) is 11.7 Å². The molecule has 1 saturated heterocycles. The van der Waals surface area contributed by atoms with Gasteiger partial charge in [-0.25, -0.2) is 0 Å². The van der Waals surface area contributed by atoms with Gasteiger partial charge in [0.2, 0.25) is 0 Å². The summed E-state index contributed by atoms with van der Waals surface area (Å²) >= 11 is 0. The van der Waals surface area contributed by atoms with Crippen molar-refractivity contribution in [3.05, 3.63) is 30.1 Å². The summed E-state index contributed by atoms with van der Waals surface area (Å²) in [6.45, 7) is 5.34. The van der Waals surface area contributed by atoms with Gasteiger partial charge in [-0.05, 0) is 50.9 Å². The zero-order valence-electron chi connectivity index (χ0n) is 9.97. The Kier molecular flexibility index (Phi) is 3.91. The molecule has 1 aliphatic heterocycles. The van der Waals surface area contributed by atoms with Crippen LogP contribution in [0.15, 0.2) is 24.4 Å². The number of nitrogens with zero attached hydrogens (tertiary/aromatic N) is 2. The van der Waals surface area contributed by atoms with Crippen LogP contribution >= 0.6 is 0 Å². The van der Waals surface area contributed by atoms with Crippen molar-refractivity contribution in [3.8, 4) is 0 Å². The van der Waals surface area contributed by atoms with Crippen molar-refractivity contribution >= 4 is 0 Å². The number of rotatable bonds is 3. The summed E-state index contributed by atoms with van der Waals surface area (Å²) < 4.78 is 0. The van der Waals surface area contributed by atoms with E-state index in [4.69, 9.17) is 5.73 Å². The van der Waals surface area contributed by atoms with Crippen LogP contribution in [0.2, 0.25) is 0 Å². The molecule has 1 aromatic heterocycles. The zero-order valence-corrected chi connectivity index (χ0v) is 9.97. The first-order valence-electron chi connectivity index (χ1n) is 6.16. The molecule has 0 aromatic carbocycles. The maximum absolute atomic E-state index is 5.76. The topological polar surface area (TPSA) is 42.2 Å². The molecule has 0 spiro atoms. The molecule has 88 valence electrons. The average Bonchev–Trinajstić information content (AvgIpc) is 2.39. The van der Waals surface area contributed by atoms with Gasteiger partial charge in [-0.3, -0.25) is 9.88 Å². The Morgan fingerprint density at radius 2 is 2.44 bits per heavy atom. The monoisotopic (exact) mass is 219 g/mol. The van der Waals surface area contributed by atoms with Gasteiger partial charge in [-0.1, -0.05) is 6.07 Å². The molecule has 1 fully saturated rings. The van der Waals surface area contributed by atoms with Gasteiger partial charge in [0.15, 0.2) is 0 Å². The second-order valence-corrected chi connectivity index (χ2v) is 4.67. The maximum atomic E-state index is 5.76. The number of nitrogens with two attached hydrogens (primary N) is 1. The minimum atomic E-state index is 0.413. The van der Waals surface area contributed by atoms with Gasteiger partial charge in [0.1, 0.15) is 0 Å². The summed E-state index contributed by atoms with van der Waals surface area (Å²) in [5.74, 6) is 0.667. The van der Waals surface area contributed by atoms with E-state index in [0.29, 0.717) is 12.0 Å². The molecule has 3 heteroatoms. The van der Waals surface area contributed by atoms with Crippen LogP contribution in [0.4, 0.5) is 0 Å². The molecule has 16 heavy (non-hydrogen) atoms. The zero-order chi connectivity index (χ0) is 11.4. The molecule has 2 heterocycles. The summed E-state index contributed by atoms with van der Waals surface area (Å²) in [7, 11) is 0. The van der Waals surface area contributed by atoms with Gasteiger partial charge >= 0.3 is 0 Å². The fourth-order valence-electron chi connectivity index (χ4n) is 2.45. The lowest BCUT2D eigenvalue weighted by Crippen LogP contribution is -2.39. The number of piperidine rings is 1. The Labute approximate surface area is 97.7 Å². The van der Waals surface area contributed by atoms with Crippen LogP contribution in [-0.2, 0) is 0 Å². The first-order chi connectivity index (χ1) is 7.81. The minimum Gasteiger partial charge on any atom is -0.330 e. The van der Waals surface area contributed by atoms with Gasteiger partial charge in [0, 0.05) is 18.8 Å². The number of pyridine rings is 1. The predicted molar refractivity (Wildman–Crippen MR) is 66.0 cm³/mol. The van der Waals surface area contributed by atoms with Gasteiger partial charge < -0.3 is 5.73 Å². The van der Waals surface area contributed by atoms with E-state index in [1.165, 1.54) is 25.1 Å². The first-order valence-corrected chi connectivity index (χ1v) is 6.16. The highest BCUT2D eigenvalue weighted by atomic mass is 15.2. The van der Waals surface area contributed by atoms with E-state index in [0.717, 1.165) is 13.1 Å². The van der Waals surface area contributed by atoms with Crippen molar-refractivity contribution in [1.82, 2.24) is 9.88 Å². The lowest BCUT2D eigenvalue weighted by atomic mass is 9.96. The molecule has 0 radical (unpaired) electrons. The van der Waals surface area contributed by atoms with Crippen molar-refractivity contribution < 1.29 is 0 Å². The number of likely N-dealkylation sites (tertiary alicyclic amines) is 1. The van der Waals surface area contributed by atoms with Crippen LogP contribution in [0.25, 0.3) is 0 Å². The van der Waals surface area contributed by atoms with Gasteiger partial charge in [0.05, 0.1) is 5.69 Å². The van der Waals surface area contributed by atoms with E-state index in [9.17, 15) is 0 Å². The summed E-state index contributed by atoms with van der Waals surface area (Å²) in [4.78, 5) is 6.94.